The van der Waals surface area contributed by atoms with E-state index in [1.807, 2.05) is 30.4 Å². The topological polar surface area (TPSA) is 79.3 Å². The van der Waals surface area contributed by atoms with Crippen LogP contribution in [0.1, 0.15) is 67.3 Å². The first-order chi connectivity index (χ1) is 14.7. The molecule has 1 aromatic carbocycles. The molecule has 0 spiro atoms. The Balaban J connectivity index is 1.42. The van der Waals surface area contributed by atoms with Crippen LogP contribution in [0.4, 0.5) is 4.79 Å². The number of fused-ring (bicyclic) bond motifs is 1. The van der Waals surface area contributed by atoms with Gasteiger partial charge in [0.1, 0.15) is 0 Å². The highest BCUT2D eigenvalue weighted by atomic mass is 16.2. The Hall–Kier alpha value is -2.83. The second kappa shape index (κ2) is 8.36. The Morgan fingerprint density at radius 1 is 1.06 bits per heavy atom. The van der Waals surface area contributed by atoms with E-state index in [1.54, 1.807) is 0 Å². The Morgan fingerprint density at radius 3 is 2.39 bits per heavy atom. The summed E-state index contributed by atoms with van der Waals surface area (Å²) in [5.41, 5.74) is 4.75. The van der Waals surface area contributed by atoms with E-state index in [1.165, 1.54) is 5.56 Å². The summed E-state index contributed by atoms with van der Waals surface area (Å²) in [5.74, 6) is -0.0957. The van der Waals surface area contributed by atoms with Crippen molar-refractivity contribution in [2.75, 3.05) is 13.1 Å². The van der Waals surface area contributed by atoms with Gasteiger partial charge in [-0.15, -0.1) is 0 Å². The molecular formula is C24H33N5O2. The molecule has 1 aliphatic heterocycles. The molecule has 7 nitrogen and oxygen atoms in total. The van der Waals surface area contributed by atoms with Crippen LogP contribution in [0.3, 0.4) is 0 Å². The molecule has 0 atom stereocenters. The zero-order chi connectivity index (χ0) is 22.2. The average molecular weight is 424 g/mol. The maximum atomic E-state index is 13.1. The van der Waals surface area contributed by atoms with Crippen LogP contribution in [-0.2, 0) is 12.8 Å². The average Bonchev–Trinajstić information content (AvgIpc) is 3.30. The smallest absolute Gasteiger partial charge is 0.317 e. The lowest BCUT2D eigenvalue weighted by Crippen LogP contribution is -2.53. The van der Waals surface area contributed by atoms with Crippen LogP contribution in [-0.4, -0.2) is 51.3 Å². The van der Waals surface area contributed by atoms with E-state index in [4.69, 9.17) is 5.10 Å². The lowest BCUT2D eigenvalue weighted by atomic mass is 10.0. The van der Waals surface area contributed by atoms with Crippen molar-refractivity contribution in [3.63, 3.8) is 0 Å². The quantitative estimate of drug-likeness (QED) is 0.794. The lowest BCUT2D eigenvalue weighted by Gasteiger charge is -2.34. The molecule has 31 heavy (non-hydrogen) atoms. The number of piperidine rings is 1. The molecular weight excluding hydrogens is 390 g/mol. The lowest BCUT2D eigenvalue weighted by molar-refractivity contribution is 0.0911. The normalized spacial score (nSPS) is 16.8. The van der Waals surface area contributed by atoms with Crippen molar-refractivity contribution >= 4 is 11.9 Å². The summed E-state index contributed by atoms with van der Waals surface area (Å²) in [7, 11) is 0. The fourth-order valence-electron chi connectivity index (χ4n) is 4.40. The molecule has 1 fully saturated rings. The number of carbonyl (C=O) groups is 2. The van der Waals surface area contributed by atoms with Crippen LogP contribution in [0, 0.1) is 6.92 Å². The van der Waals surface area contributed by atoms with Crippen molar-refractivity contribution in [1.29, 1.82) is 0 Å². The minimum absolute atomic E-state index is 0.0352. The third kappa shape index (κ3) is 4.75. The molecule has 3 amide bonds. The van der Waals surface area contributed by atoms with Crippen molar-refractivity contribution in [2.24, 2.45) is 0 Å². The van der Waals surface area contributed by atoms with Crippen molar-refractivity contribution in [2.45, 2.75) is 71.4 Å². The third-order valence-electron chi connectivity index (χ3n) is 6.02. The van der Waals surface area contributed by atoms with Crippen molar-refractivity contribution in [1.82, 2.24) is 25.3 Å². The second-order valence-electron chi connectivity index (χ2n) is 9.79. The molecule has 0 bridgehead atoms. The maximum Gasteiger partial charge on any atom is 0.317 e. The summed E-state index contributed by atoms with van der Waals surface area (Å²) in [5, 5.41) is 10.9. The summed E-state index contributed by atoms with van der Waals surface area (Å²) >= 11 is 0. The van der Waals surface area contributed by atoms with Gasteiger partial charge in [-0.25, -0.2) is 9.48 Å². The third-order valence-corrected chi connectivity index (χ3v) is 6.02. The summed E-state index contributed by atoms with van der Waals surface area (Å²) < 4.78 is 1.94. The van der Waals surface area contributed by atoms with Gasteiger partial charge >= 0.3 is 6.03 Å². The standard InChI is InChI=1S/C24H33N5O2/c1-16-8-10-18(11-9-16)29-20-7-5-6-19(20)21(27-29)22(30)25-17-12-14-28(15-13-17)23(31)26-24(2,3)4/h8-11,17H,5-7,12-15H2,1-4H3,(H,25,30)(H,26,31). The fourth-order valence-corrected chi connectivity index (χ4v) is 4.40. The van der Waals surface area contributed by atoms with Gasteiger partial charge in [0.25, 0.3) is 5.91 Å². The van der Waals surface area contributed by atoms with E-state index in [0.717, 1.165) is 49.0 Å². The number of likely N-dealkylation sites (tertiary alicyclic amines) is 1. The highest BCUT2D eigenvalue weighted by Gasteiger charge is 2.30. The number of aromatic nitrogens is 2. The van der Waals surface area contributed by atoms with E-state index >= 15 is 0 Å². The van der Waals surface area contributed by atoms with Crippen LogP contribution in [0.25, 0.3) is 5.69 Å². The van der Waals surface area contributed by atoms with Gasteiger partial charge in [0, 0.05) is 35.9 Å². The molecule has 1 saturated heterocycles. The molecule has 4 rings (SSSR count). The second-order valence-corrected chi connectivity index (χ2v) is 9.79. The van der Waals surface area contributed by atoms with E-state index in [-0.39, 0.29) is 23.5 Å². The molecule has 0 radical (unpaired) electrons. The van der Waals surface area contributed by atoms with Crippen molar-refractivity contribution < 1.29 is 9.59 Å². The summed E-state index contributed by atoms with van der Waals surface area (Å²) in [4.78, 5) is 27.3. The van der Waals surface area contributed by atoms with E-state index in [2.05, 4.69) is 41.8 Å². The zero-order valence-corrected chi connectivity index (χ0v) is 19.0. The molecule has 1 aliphatic carbocycles. The molecule has 2 aromatic rings. The monoisotopic (exact) mass is 423 g/mol. The number of hydrogen-bond acceptors (Lipinski definition) is 3. The fraction of sp³-hybridized carbons (Fsp3) is 0.542. The van der Waals surface area contributed by atoms with Crippen LogP contribution in [0.2, 0.25) is 0 Å². The van der Waals surface area contributed by atoms with Gasteiger partial charge in [0.2, 0.25) is 0 Å². The number of aryl methyl sites for hydroxylation is 1. The molecule has 1 aromatic heterocycles. The molecule has 166 valence electrons. The summed E-state index contributed by atoms with van der Waals surface area (Å²) in [6.45, 7) is 9.28. The van der Waals surface area contributed by atoms with Crippen LogP contribution in [0.15, 0.2) is 24.3 Å². The number of benzene rings is 1. The van der Waals surface area contributed by atoms with E-state index in [0.29, 0.717) is 18.8 Å². The van der Waals surface area contributed by atoms with Gasteiger partial charge in [0.15, 0.2) is 5.69 Å². The molecule has 2 heterocycles. The number of urea groups is 1. The first-order valence-corrected chi connectivity index (χ1v) is 11.3. The van der Waals surface area contributed by atoms with Gasteiger partial charge in [-0.05, 0) is 71.9 Å². The number of amides is 3. The van der Waals surface area contributed by atoms with Crippen molar-refractivity contribution in [3.05, 3.63) is 46.8 Å². The Morgan fingerprint density at radius 2 is 1.74 bits per heavy atom. The van der Waals surface area contributed by atoms with Crippen LogP contribution >= 0.6 is 0 Å². The molecule has 2 N–H and O–H groups in total. The minimum atomic E-state index is -0.251. The van der Waals surface area contributed by atoms with Crippen LogP contribution in [0.5, 0.6) is 0 Å². The van der Waals surface area contributed by atoms with Gasteiger partial charge in [-0.3, -0.25) is 4.79 Å². The zero-order valence-electron chi connectivity index (χ0n) is 19.0. The maximum absolute atomic E-state index is 13.1. The predicted octanol–water partition coefficient (Wildman–Crippen LogP) is 3.37. The van der Waals surface area contributed by atoms with E-state index in [9.17, 15) is 9.59 Å². The summed E-state index contributed by atoms with van der Waals surface area (Å²) in [6.07, 6.45) is 4.41. The largest absolute Gasteiger partial charge is 0.348 e. The highest BCUT2D eigenvalue weighted by molar-refractivity contribution is 5.94. The SMILES string of the molecule is Cc1ccc(-n2nc(C(=O)NC3CCN(C(=O)NC(C)(C)C)CC3)c3c2CCC3)cc1. The molecule has 2 aliphatic rings. The highest BCUT2D eigenvalue weighted by Crippen LogP contribution is 2.28. The van der Waals surface area contributed by atoms with Crippen LogP contribution < -0.4 is 10.6 Å². The number of carbonyl (C=O) groups excluding carboxylic acids is 2. The minimum Gasteiger partial charge on any atom is -0.348 e. The predicted molar refractivity (Wildman–Crippen MR) is 121 cm³/mol. The number of rotatable bonds is 3. The molecule has 0 unspecified atom stereocenters. The van der Waals surface area contributed by atoms with Gasteiger partial charge in [0.05, 0.1) is 5.69 Å². The van der Waals surface area contributed by atoms with Crippen molar-refractivity contribution in [3.8, 4) is 5.69 Å². The summed E-state index contributed by atoms with van der Waals surface area (Å²) in [6, 6.07) is 8.28. The van der Waals surface area contributed by atoms with Gasteiger partial charge in [-0.1, -0.05) is 17.7 Å². The number of nitrogens with one attached hydrogen (secondary N) is 2. The van der Waals surface area contributed by atoms with E-state index < -0.39 is 0 Å². The van der Waals surface area contributed by atoms with Gasteiger partial charge < -0.3 is 15.5 Å². The first-order valence-electron chi connectivity index (χ1n) is 11.3. The Labute approximate surface area is 184 Å². The van der Waals surface area contributed by atoms with Gasteiger partial charge in [-0.2, -0.15) is 5.10 Å². The first kappa shape index (κ1) is 21.4. The Kier molecular flexibility index (Phi) is 5.77. The number of hydrogen-bond donors (Lipinski definition) is 2. The molecule has 7 heteroatoms. The molecule has 0 saturated carbocycles. The Bertz CT molecular complexity index is 963. The number of nitrogens with zero attached hydrogens (tertiary/aromatic N) is 3.